The molecule has 0 spiro atoms. The van der Waals surface area contributed by atoms with Crippen LogP contribution in [0.2, 0.25) is 0 Å². The Balaban J connectivity index is 1.47. The van der Waals surface area contributed by atoms with E-state index in [0.717, 1.165) is 5.41 Å². The molecule has 0 aliphatic carbocycles. The predicted octanol–water partition coefficient (Wildman–Crippen LogP) is 1.69. The number of carbonyl (C=O) groups excluding carboxylic acids is 2. The number of thioether (sulfide) groups is 1. The van der Waals surface area contributed by atoms with Crippen molar-refractivity contribution in [3.63, 3.8) is 0 Å². The van der Waals surface area contributed by atoms with Gasteiger partial charge < -0.3 is 9.73 Å². The number of nitrogens with one attached hydrogen (secondary N) is 1. The Labute approximate surface area is 160 Å². The van der Waals surface area contributed by atoms with E-state index in [1.807, 2.05) is 0 Å². The van der Waals surface area contributed by atoms with E-state index in [-0.39, 0.29) is 24.0 Å². The molecule has 0 aromatic carbocycles. The lowest BCUT2D eigenvalue weighted by Crippen LogP contribution is -2.36. The fraction of sp³-hybridized carbons (Fsp3) is 0.312. The molecule has 26 heavy (non-hydrogen) atoms. The molecule has 1 N–H and O–H groups in total. The van der Waals surface area contributed by atoms with Gasteiger partial charge in [-0.3, -0.25) is 14.5 Å². The first kappa shape index (κ1) is 18.9. The van der Waals surface area contributed by atoms with E-state index in [1.54, 1.807) is 18.2 Å². The molecular weight excluding hydrogens is 396 g/mol. The second-order valence-corrected chi connectivity index (χ2v) is 9.39. The number of hydrogen-bond acceptors (Lipinski definition) is 7. The second-order valence-electron chi connectivity index (χ2n) is 5.78. The van der Waals surface area contributed by atoms with Gasteiger partial charge in [0.2, 0.25) is 5.91 Å². The normalized spacial score (nSPS) is 23.2. The molecule has 138 valence electrons. The lowest BCUT2D eigenvalue weighted by atomic mass is 10.2. The van der Waals surface area contributed by atoms with Crippen molar-refractivity contribution < 1.29 is 22.4 Å². The van der Waals surface area contributed by atoms with Gasteiger partial charge in [-0.1, -0.05) is 24.0 Å². The Morgan fingerprint density at radius 1 is 1.50 bits per heavy atom. The minimum atomic E-state index is -3.20. The van der Waals surface area contributed by atoms with E-state index in [1.165, 1.54) is 29.0 Å². The van der Waals surface area contributed by atoms with Crippen LogP contribution in [0.1, 0.15) is 18.6 Å². The number of nitrogens with zero attached hydrogens (tertiary/aromatic N) is 1. The molecule has 1 aromatic heterocycles. The molecule has 0 radical (unpaired) electrons. The van der Waals surface area contributed by atoms with Gasteiger partial charge in [-0.15, -0.1) is 0 Å². The zero-order chi connectivity index (χ0) is 18.7. The summed E-state index contributed by atoms with van der Waals surface area (Å²) in [4.78, 5) is 26.3. The largest absolute Gasteiger partial charge is 0.465 e. The minimum Gasteiger partial charge on any atom is -0.465 e. The zero-order valence-electron chi connectivity index (χ0n) is 13.6. The molecule has 2 aliphatic rings. The van der Waals surface area contributed by atoms with Gasteiger partial charge in [0.1, 0.15) is 10.1 Å². The summed E-state index contributed by atoms with van der Waals surface area (Å²) in [5.74, 6) is 0.00441. The van der Waals surface area contributed by atoms with Crippen molar-refractivity contribution >= 4 is 56.0 Å². The lowest BCUT2D eigenvalue weighted by molar-refractivity contribution is -0.124. The van der Waals surface area contributed by atoms with Crippen LogP contribution in [0.4, 0.5) is 0 Å². The predicted molar refractivity (Wildman–Crippen MR) is 103 cm³/mol. The molecule has 3 rings (SSSR count). The van der Waals surface area contributed by atoms with E-state index in [9.17, 15) is 18.0 Å². The number of thiocarbonyl (C=S) groups is 1. The van der Waals surface area contributed by atoms with Gasteiger partial charge >= 0.3 is 0 Å². The fourth-order valence-corrected chi connectivity index (χ4v) is 5.06. The van der Waals surface area contributed by atoms with Crippen molar-refractivity contribution in [3.8, 4) is 0 Å². The molecule has 3 heterocycles. The third-order valence-corrected chi connectivity index (χ3v) is 6.53. The topological polar surface area (TPSA) is 96.7 Å². The van der Waals surface area contributed by atoms with Crippen molar-refractivity contribution in [1.29, 1.82) is 0 Å². The average Bonchev–Trinajstić information content (AvgIpc) is 3.25. The molecule has 0 saturated carbocycles. The molecule has 1 fully saturated rings. The summed E-state index contributed by atoms with van der Waals surface area (Å²) in [5.41, 5.74) is 0. The summed E-state index contributed by atoms with van der Waals surface area (Å²) in [5, 5.41) is 3.77. The highest BCUT2D eigenvalue weighted by Gasteiger charge is 2.32. The van der Waals surface area contributed by atoms with Gasteiger partial charge in [-0.25, -0.2) is 8.42 Å². The minimum absolute atomic E-state index is 0.106. The Morgan fingerprint density at radius 3 is 2.96 bits per heavy atom. The highest BCUT2D eigenvalue weighted by atomic mass is 32.2. The fourth-order valence-electron chi connectivity index (χ4n) is 2.54. The number of carbonyl (C=O) groups is 2. The first-order chi connectivity index (χ1) is 12.3. The summed E-state index contributed by atoms with van der Waals surface area (Å²) in [6.45, 7) is 0.326. The van der Waals surface area contributed by atoms with Crippen molar-refractivity contribution in [1.82, 2.24) is 10.2 Å². The van der Waals surface area contributed by atoms with Gasteiger partial charge in [0.05, 0.1) is 23.0 Å². The number of furan rings is 1. The van der Waals surface area contributed by atoms with Crippen LogP contribution < -0.4 is 5.32 Å². The second kappa shape index (κ2) is 7.77. The molecule has 2 amide bonds. The molecule has 1 saturated heterocycles. The van der Waals surface area contributed by atoms with E-state index >= 15 is 0 Å². The quantitative estimate of drug-likeness (QED) is 0.561. The lowest BCUT2D eigenvalue weighted by Gasteiger charge is -2.15. The summed E-state index contributed by atoms with van der Waals surface area (Å²) >= 11 is 6.43. The van der Waals surface area contributed by atoms with Crippen LogP contribution in [0.3, 0.4) is 0 Å². The van der Waals surface area contributed by atoms with E-state index in [2.05, 4.69) is 5.32 Å². The van der Waals surface area contributed by atoms with Crippen LogP contribution in [0.25, 0.3) is 6.08 Å². The molecular formula is C16H16N2O5S3. The summed E-state index contributed by atoms with van der Waals surface area (Å²) in [6.07, 6.45) is 5.23. The molecule has 1 atom stereocenters. The summed E-state index contributed by atoms with van der Waals surface area (Å²) < 4.78 is 28.3. The Morgan fingerprint density at radius 2 is 2.31 bits per heavy atom. The van der Waals surface area contributed by atoms with E-state index < -0.39 is 15.9 Å². The third kappa shape index (κ3) is 4.63. The zero-order valence-corrected chi connectivity index (χ0v) is 16.0. The van der Waals surface area contributed by atoms with Crippen LogP contribution in [0.15, 0.2) is 39.2 Å². The van der Waals surface area contributed by atoms with Gasteiger partial charge in [-0.2, -0.15) is 0 Å². The van der Waals surface area contributed by atoms with E-state index in [4.69, 9.17) is 16.6 Å². The van der Waals surface area contributed by atoms with Crippen LogP contribution in [-0.2, 0) is 19.4 Å². The van der Waals surface area contributed by atoms with Crippen LogP contribution in [-0.4, -0.2) is 47.8 Å². The first-order valence-corrected chi connectivity index (χ1v) is 10.8. The van der Waals surface area contributed by atoms with Crippen LogP contribution >= 0.6 is 24.0 Å². The monoisotopic (exact) mass is 412 g/mol. The van der Waals surface area contributed by atoms with Crippen LogP contribution in [0.5, 0.6) is 0 Å². The van der Waals surface area contributed by atoms with Crippen molar-refractivity contribution in [3.05, 3.63) is 40.5 Å². The average molecular weight is 413 g/mol. The van der Waals surface area contributed by atoms with E-state index in [0.29, 0.717) is 28.0 Å². The number of hydrogen-bond donors (Lipinski definition) is 1. The molecule has 1 aromatic rings. The smallest absolute Gasteiger partial charge is 0.266 e. The molecule has 10 heteroatoms. The van der Waals surface area contributed by atoms with Crippen LogP contribution in [0, 0.1) is 0 Å². The third-order valence-electron chi connectivity index (χ3n) is 3.75. The maximum absolute atomic E-state index is 12.4. The Bertz CT molecular complexity index is 887. The highest BCUT2D eigenvalue weighted by molar-refractivity contribution is 8.26. The van der Waals surface area contributed by atoms with Crippen molar-refractivity contribution in [2.45, 2.75) is 18.9 Å². The standard InChI is InChI=1S/C16H16N2O5S3/c19-14(17-11-5-8-26(21,22)10-11)4-1-6-18-15(20)13(25-16(18)24)9-12-3-2-7-23-12/h2-3,5,7-9,11H,1,4,6,10H2,(H,17,19)/b13-9+. The SMILES string of the molecule is O=C(CCCN1C(=O)/C(=C\c2ccco2)SC1=S)NC1C=CS(=O)(=O)C1. The molecule has 0 bridgehead atoms. The number of rotatable bonds is 6. The maximum atomic E-state index is 12.4. The van der Waals surface area contributed by atoms with Gasteiger partial charge in [-0.05, 0) is 24.6 Å². The number of amides is 2. The van der Waals surface area contributed by atoms with Gasteiger partial charge in [0.15, 0.2) is 9.84 Å². The molecule has 1 unspecified atom stereocenters. The summed E-state index contributed by atoms with van der Waals surface area (Å²) in [6, 6.07) is 2.99. The van der Waals surface area contributed by atoms with Gasteiger partial charge in [0.25, 0.3) is 5.91 Å². The van der Waals surface area contributed by atoms with Crippen molar-refractivity contribution in [2.75, 3.05) is 12.3 Å². The maximum Gasteiger partial charge on any atom is 0.266 e. The number of sulfone groups is 1. The Kier molecular flexibility index (Phi) is 5.64. The highest BCUT2D eigenvalue weighted by Crippen LogP contribution is 2.32. The molecule has 2 aliphatic heterocycles. The first-order valence-electron chi connectivity index (χ1n) is 7.83. The molecule has 7 nitrogen and oxygen atoms in total. The summed E-state index contributed by atoms with van der Waals surface area (Å²) in [7, 11) is -3.20. The Hall–Kier alpha value is -1.91. The van der Waals surface area contributed by atoms with Crippen molar-refractivity contribution in [2.24, 2.45) is 0 Å². The van der Waals surface area contributed by atoms with Gasteiger partial charge in [0, 0.05) is 24.4 Å².